The van der Waals surface area contributed by atoms with Gasteiger partial charge in [-0.15, -0.1) is 22.7 Å². The van der Waals surface area contributed by atoms with Gasteiger partial charge in [0.05, 0.1) is 11.5 Å². The molecule has 1 atom stereocenters. The van der Waals surface area contributed by atoms with Crippen molar-refractivity contribution >= 4 is 45.3 Å². The molecule has 2 heterocycles. The van der Waals surface area contributed by atoms with E-state index < -0.39 is 12.1 Å². The maximum atomic E-state index is 13.5. The fourth-order valence-corrected chi connectivity index (χ4v) is 5.22. The number of hydrogen-bond donors (Lipinski definition) is 2. The first kappa shape index (κ1) is 25.3. The van der Waals surface area contributed by atoms with Gasteiger partial charge < -0.3 is 15.4 Å². The van der Waals surface area contributed by atoms with Crippen molar-refractivity contribution in [2.24, 2.45) is 0 Å². The van der Waals surface area contributed by atoms with Gasteiger partial charge in [-0.3, -0.25) is 9.59 Å². The van der Waals surface area contributed by atoms with E-state index in [9.17, 15) is 14.4 Å². The maximum absolute atomic E-state index is 13.5. The van der Waals surface area contributed by atoms with Crippen molar-refractivity contribution in [3.05, 3.63) is 98.6 Å². The van der Waals surface area contributed by atoms with Gasteiger partial charge in [0.1, 0.15) is 10.6 Å². The Morgan fingerprint density at radius 1 is 0.917 bits per heavy atom. The lowest BCUT2D eigenvalue weighted by molar-refractivity contribution is 0.0528. The predicted molar refractivity (Wildman–Crippen MR) is 145 cm³/mol. The zero-order valence-corrected chi connectivity index (χ0v) is 21.8. The van der Waals surface area contributed by atoms with Gasteiger partial charge in [0.25, 0.3) is 5.91 Å². The molecule has 8 heteroatoms. The summed E-state index contributed by atoms with van der Waals surface area (Å²) in [7, 11) is 0. The molecule has 0 saturated carbocycles. The Morgan fingerprint density at radius 2 is 1.58 bits per heavy atom. The first-order valence-corrected chi connectivity index (χ1v) is 13.2. The molecule has 0 aliphatic carbocycles. The molecule has 0 fully saturated rings. The number of benzene rings is 2. The van der Waals surface area contributed by atoms with Crippen molar-refractivity contribution < 1.29 is 19.1 Å². The van der Waals surface area contributed by atoms with Gasteiger partial charge in [0.15, 0.2) is 6.17 Å². The Balaban J connectivity index is 1.72. The number of carbonyl (C=O) groups is 3. The molecule has 0 spiro atoms. The molecule has 6 nitrogen and oxygen atoms in total. The van der Waals surface area contributed by atoms with Crippen LogP contribution in [0.3, 0.4) is 0 Å². The predicted octanol–water partition coefficient (Wildman–Crippen LogP) is 6.32. The van der Waals surface area contributed by atoms with Crippen molar-refractivity contribution in [1.82, 2.24) is 5.32 Å². The third kappa shape index (κ3) is 5.72. The van der Waals surface area contributed by atoms with E-state index in [1.165, 1.54) is 22.7 Å². The fraction of sp³-hybridized carbons (Fsp3) is 0.179. The lowest BCUT2D eigenvalue weighted by Crippen LogP contribution is -2.46. The lowest BCUT2D eigenvalue weighted by atomic mass is 10.0. The second-order valence-corrected chi connectivity index (χ2v) is 10.0. The molecule has 0 bridgehead atoms. The lowest BCUT2D eigenvalue weighted by Gasteiger charge is -2.20. The Bertz CT molecular complexity index is 1360. The largest absolute Gasteiger partial charge is 0.462 e. The summed E-state index contributed by atoms with van der Waals surface area (Å²) in [4.78, 5) is 39.9. The van der Waals surface area contributed by atoms with Crippen LogP contribution < -0.4 is 10.6 Å². The monoisotopic (exact) mass is 518 g/mol. The number of amides is 1. The highest BCUT2D eigenvalue weighted by atomic mass is 32.1. The van der Waals surface area contributed by atoms with Crippen LogP contribution in [0, 0.1) is 13.8 Å². The molecule has 2 aromatic heterocycles. The van der Waals surface area contributed by atoms with Crippen LogP contribution >= 0.6 is 22.7 Å². The van der Waals surface area contributed by atoms with E-state index in [1.54, 1.807) is 36.6 Å². The number of thiophene rings is 2. The molecule has 0 aliphatic heterocycles. The molecule has 184 valence electrons. The van der Waals surface area contributed by atoms with Crippen molar-refractivity contribution in [2.45, 2.75) is 26.9 Å². The summed E-state index contributed by atoms with van der Waals surface area (Å²) < 4.78 is 5.35. The molecule has 0 aliphatic rings. The summed E-state index contributed by atoms with van der Waals surface area (Å²) in [6.45, 7) is 5.89. The fourth-order valence-electron chi connectivity index (χ4n) is 3.61. The standard InChI is InChI=1S/C28H26N2O4S2/c1-4-34-28(33)23-21(19-11-7-17(2)8-12-19)16-36-27(23)30-25(29-26(32)22-6-5-15-35-22)24(31)20-13-9-18(3)10-14-20/h5-16,25,30H,4H2,1-3H3,(H,29,32)/t25-/m1/s1. The molecule has 4 aromatic rings. The van der Waals surface area contributed by atoms with Crippen LogP contribution in [-0.4, -0.2) is 30.4 Å². The zero-order valence-electron chi connectivity index (χ0n) is 20.2. The van der Waals surface area contributed by atoms with Gasteiger partial charge in [-0.1, -0.05) is 65.7 Å². The minimum atomic E-state index is -1.10. The average molecular weight is 519 g/mol. The van der Waals surface area contributed by atoms with Gasteiger partial charge in [-0.05, 0) is 37.8 Å². The molecule has 2 N–H and O–H groups in total. The number of rotatable bonds is 9. The Labute approximate surface area is 218 Å². The van der Waals surface area contributed by atoms with Crippen LogP contribution in [-0.2, 0) is 4.74 Å². The first-order valence-electron chi connectivity index (χ1n) is 11.4. The summed E-state index contributed by atoms with van der Waals surface area (Å²) in [6.07, 6.45) is -1.10. The normalized spacial score (nSPS) is 11.5. The van der Waals surface area contributed by atoms with E-state index in [2.05, 4.69) is 10.6 Å². The van der Waals surface area contributed by atoms with E-state index in [0.29, 0.717) is 26.6 Å². The minimum Gasteiger partial charge on any atom is -0.462 e. The SMILES string of the molecule is CCOC(=O)c1c(-c2ccc(C)cc2)csc1N[C@@H](NC(=O)c1cccs1)C(=O)c1ccc(C)cc1. The molecule has 36 heavy (non-hydrogen) atoms. The number of carbonyl (C=O) groups excluding carboxylic acids is 3. The Morgan fingerprint density at radius 3 is 2.19 bits per heavy atom. The topological polar surface area (TPSA) is 84.5 Å². The van der Waals surface area contributed by atoms with Gasteiger partial charge in [0.2, 0.25) is 5.78 Å². The van der Waals surface area contributed by atoms with Gasteiger partial charge in [0, 0.05) is 16.5 Å². The van der Waals surface area contributed by atoms with Crippen molar-refractivity contribution in [2.75, 3.05) is 11.9 Å². The summed E-state index contributed by atoms with van der Waals surface area (Å²) in [5.74, 6) is -1.20. The van der Waals surface area contributed by atoms with E-state index in [-0.39, 0.29) is 18.3 Å². The smallest absolute Gasteiger partial charge is 0.341 e. The van der Waals surface area contributed by atoms with E-state index in [0.717, 1.165) is 16.7 Å². The highest BCUT2D eigenvalue weighted by Gasteiger charge is 2.28. The van der Waals surface area contributed by atoms with Crippen molar-refractivity contribution in [1.29, 1.82) is 0 Å². The molecular formula is C28H26N2O4S2. The molecule has 0 saturated heterocycles. The second kappa shape index (κ2) is 11.3. The molecule has 0 unspecified atom stereocenters. The third-order valence-corrected chi connectivity index (χ3v) is 7.31. The first-order chi connectivity index (χ1) is 17.4. The molecule has 0 radical (unpaired) electrons. The maximum Gasteiger partial charge on any atom is 0.341 e. The van der Waals surface area contributed by atoms with Crippen molar-refractivity contribution in [3.63, 3.8) is 0 Å². The van der Waals surface area contributed by atoms with E-state index >= 15 is 0 Å². The minimum absolute atomic E-state index is 0.211. The quantitative estimate of drug-likeness (QED) is 0.154. The van der Waals surface area contributed by atoms with Crippen LogP contribution in [0.5, 0.6) is 0 Å². The molecular weight excluding hydrogens is 492 g/mol. The highest BCUT2D eigenvalue weighted by molar-refractivity contribution is 7.15. The average Bonchev–Trinajstić information content (AvgIpc) is 3.55. The third-order valence-electron chi connectivity index (χ3n) is 5.53. The Kier molecular flexibility index (Phi) is 7.97. The number of ether oxygens (including phenoxy) is 1. The van der Waals surface area contributed by atoms with E-state index in [4.69, 9.17) is 4.74 Å². The number of nitrogens with one attached hydrogen (secondary N) is 2. The molecule has 4 rings (SSSR count). The number of ketones is 1. The molecule has 2 aromatic carbocycles. The van der Waals surface area contributed by atoms with Crippen LogP contribution in [0.4, 0.5) is 5.00 Å². The zero-order chi connectivity index (χ0) is 25.7. The van der Waals surface area contributed by atoms with Crippen LogP contribution in [0.15, 0.2) is 71.4 Å². The summed E-state index contributed by atoms with van der Waals surface area (Å²) in [6, 6.07) is 18.4. The molecule has 1 amide bonds. The summed E-state index contributed by atoms with van der Waals surface area (Å²) in [5.41, 5.74) is 4.45. The number of hydrogen-bond acceptors (Lipinski definition) is 7. The summed E-state index contributed by atoms with van der Waals surface area (Å²) >= 11 is 2.57. The van der Waals surface area contributed by atoms with Gasteiger partial charge in [-0.2, -0.15) is 0 Å². The van der Waals surface area contributed by atoms with E-state index in [1.807, 2.05) is 55.6 Å². The second-order valence-electron chi connectivity index (χ2n) is 8.20. The number of anilines is 1. The van der Waals surface area contributed by atoms with Crippen LogP contribution in [0.1, 0.15) is 48.4 Å². The highest BCUT2D eigenvalue weighted by Crippen LogP contribution is 2.37. The number of Topliss-reactive ketones (excluding diaryl/α,β-unsaturated/α-hetero) is 1. The number of esters is 1. The van der Waals surface area contributed by atoms with Crippen molar-refractivity contribution in [3.8, 4) is 11.1 Å². The summed E-state index contributed by atoms with van der Waals surface area (Å²) in [5, 5.41) is 10.0. The van der Waals surface area contributed by atoms with Gasteiger partial charge >= 0.3 is 5.97 Å². The Hall–Kier alpha value is -3.75. The van der Waals surface area contributed by atoms with Gasteiger partial charge in [-0.25, -0.2) is 4.79 Å². The number of aryl methyl sites for hydroxylation is 2. The van der Waals surface area contributed by atoms with Crippen LogP contribution in [0.2, 0.25) is 0 Å². The van der Waals surface area contributed by atoms with Crippen LogP contribution in [0.25, 0.3) is 11.1 Å².